The van der Waals surface area contributed by atoms with Crippen molar-refractivity contribution in [2.45, 2.75) is 25.6 Å². The lowest BCUT2D eigenvalue weighted by atomic mass is 10.1. The van der Waals surface area contributed by atoms with E-state index in [2.05, 4.69) is 5.32 Å². The minimum Gasteiger partial charge on any atom is -0.312 e. The molecule has 0 aromatic carbocycles. The third-order valence-electron chi connectivity index (χ3n) is 2.02. The maximum absolute atomic E-state index is 12.2. The molecule has 2 atom stereocenters. The molecule has 0 bridgehead atoms. The molecular formula is C9H15F3N2S. The Morgan fingerprint density at radius 1 is 1.47 bits per heavy atom. The summed E-state index contributed by atoms with van der Waals surface area (Å²) >= 11 is 1.57. The summed E-state index contributed by atoms with van der Waals surface area (Å²) in [6.07, 6.45) is -1.77. The number of hydrogen-bond acceptors (Lipinski definition) is 3. The fourth-order valence-electron chi connectivity index (χ4n) is 1.04. The van der Waals surface area contributed by atoms with Gasteiger partial charge in [0.15, 0.2) is 5.92 Å². The first-order valence-electron chi connectivity index (χ1n) is 4.64. The number of halogens is 3. The third-order valence-corrected chi connectivity index (χ3v) is 2.76. The molecule has 0 aliphatic heterocycles. The van der Waals surface area contributed by atoms with Gasteiger partial charge in [-0.1, -0.05) is 6.92 Å². The maximum Gasteiger partial charge on any atom is 0.405 e. The molecule has 0 aromatic rings. The summed E-state index contributed by atoms with van der Waals surface area (Å²) in [5.74, 6) is -1.15. The van der Waals surface area contributed by atoms with Gasteiger partial charge in [-0.2, -0.15) is 30.2 Å². The molecule has 0 aliphatic rings. The second kappa shape index (κ2) is 6.96. The molecule has 0 saturated heterocycles. The van der Waals surface area contributed by atoms with Crippen LogP contribution in [0.3, 0.4) is 0 Å². The molecule has 0 amide bonds. The van der Waals surface area contributed by atoms with Crippen LogP contribution >= 0.6 is 11.8 Å². The number of nitrogens with zero attached hydrogens (tertiary/aromatic N) is 1. The zero-order chi connectivity index (χ0) is 11.9. The zero-order valence-corrected chi connectivity index (χ0v) is 9.58. The molecule has 2 unspecified atom stereocenters. The number of rotatable bonds is 6. The molecule has 1 N–H and O–H groups in total. The van der Waals surface area contributed by atoms with Crippen LogP contribution in [-0.2, 0) is 0 Å². The minimum absolute atomic E-state index is 0.0400. The molecule has 0 spiro atoms. The number of thioether (sulfide) groups is 1. The molecular weight excluding hydrogens is 225 g/mol. The lowest BCUT2D eigenvalue weighted by molar-refractivity contribution is -0.157. The summed E-state index contributed by atoms with van der Waals surface area (Å²) in [7, 11) is 0. The highest BCUT2D eigenvalue weighted by Gasteiger charge is 2.39. The normalized spacial score (nSPS) is 15.7. The predicted octanol–water partition coefficient (Wildman–Crippen LogP) is 2.42. The molecule has 15 heavy (non-hydrogen) atoms. The quantitative estimate of drug-likeness (QED) is 0.774. The Balaban J connectivity index is 4.06. The van der Waals surface area contributed by atoms with E-state index in [0.29, 0.717) is 0 Å². The van der Waals surface area contributed by atoms with Crippen molar-refractivity contribution >= 4 is 11.8 Å². The van der Waals surface area contributed by atoms with E-state index in [1.807, 2.05) is 13.2 Å². The van der Waals surface area contributed by atoms with Crippen LogP contribution in [0, 0.1) is 17.2 Å². The van der Waals surface area contributed by atoms with Gasteiger partial charge in [0, 0.05) is 18.3 Å². The van der Waals surface area contributed by atoms with Gasteiger partial charge in [0.25, 0.3) is 0 Å². The first-order chi connectivity index (χ1) is 6.95. The van der Waals surface area contributed by atoms with Crippen molar-refractivity contribution in [2.75, 3.05) is 18.6 Å². The molecule has 0 radical (unpaired) electrons. The molecule has 88 valence electrons. The van der Waals surface area contributed by atoms with E-state index in [1.54, 1.807) is 11.8 Å². The Labute approximate surface area is 92.2 Å². The van der Waals surface area contributed by atoms with Crippen LogP contribution < -0.4 is 5.32 Å². The van der Waals surface area contributed by atoms with Crippen LogP contribution in [0.25, 0.3) is 0 Å². The first-order valence-corrected chi connectivity index (χ1v) is 6.03. The maximum atomic E-state index is 12.2. The second-order valence-electron chi connectivity index (χ2n) is 3.19. The molecule has 6 heteroatoms. The summed E-state index contributed by atoms with van der Waals surface area (Å²) in [5, 5.41) is 11.1. The van der Waals surface area contributed by atoms with E-state index in [-0.39, 0.29) is 12.6 Å². The van der Waals surface area contributed by atoms with Crippen LogP contribution in [0.1, 0.15) is 13.3 Å². The second-order valence-corrected chi connectivity index (χ2v) is 4.10. The molecule has 0 aliphatic carbocycles. The highest BCUT2D eigenvalue weighted by atomic mass is 32.2. The average molecular weight is 240 g/mol. The van der Waals surface area contributed by atoms with Crippen LogP contribution in [0.4, 0.5) is 13.2 Å². The highest BCUT2D eigenvalue weighted by Crippen LogP contribution is 2.25. The topological polar surface area (TPSA) is 35.8 Å². The SMILES string of the molecule is CCC(CSC)NCC(C#N)C(F)(F)F. The van der Waals surface area contributed by atoms with Gasteiger partial charge in [0.1, 0.15) is 0 Å². The van der Waals surface area contributed by atoms with Crippen molar-refractivity contribution in [3.05, 3.63) is 0 Å². The third kappa shape index (κ3) is 5.90. The van der Waals surface area contributed by atoms with E-state index in [1.165, 1.54) is 6.07 Å². The Bertz CT molecular complexity index is 212. The Morgan fingerprint density at radius 3 is 2.40 bits per heavy atom. The van der Waals surface area contributed by atoms with Crippen molar-refractivity contribution in [2.24, 2.45) is 5.92 Å². The summed E-state index contributed by atoms with van der Waals surface area (Å²) in [6, 6.07) is 1.31. The van der Waals surface area contributed by atoms with Gasteiger partial charge in [0.2, 0.25) is 0 Å². The van der Waals surface area contributed by atoms with Gasteiger partial charge in [-0.3, -0.25) is 0 Å². The molecule has 0 saturated carbocycles. The fourth-order valence-corrected chi connectivity index (χ4v) is 1.80. The number of alkyl halides is 3. The average Bonchev–Trinajstić information content (AvgIpc) is 2.15. The number of nitriles is 1. The monoisotopic (exact) mass is 240 g/mol. The summed E-state index contributed by atoms with van der Waals surface area (Å²) in [6.45, 7) is 1.59. The zero-order valence-electron chi connectivity index (χ0n) is 8.77. The Morgan fingerprint density at radius 2 is 2.07 bits per heavy atom. The summed E-state index contributed by atoms with van der Waals surface area (Å²) < 4.78 is 36.6. The lowest BCUT2D eigenvalue weighted by Gasteiger charge is -2.19. The van der Waals surface area contributed by atoms with Gasteiger partial charge in [-0.25, -0.2) is 0 Å². The largest absolute Gasteiger partial charge is 0.405 e. The van der Waals surface area contributed by atoms with Crippen LogP contribution in [0.2, 0.25) is 0 Å². The fraction of sp³-hybridized carbons (Fsp3) is 0.889. The number of hydrogen-bond donors (Lipinski definition) is 1. The van der Waals surface area contributed by atoms with Crippen molar-refractivity contribution in [1.82, 2.24) is 5.32 Å². The van der Waals surface area contributed by atoms with Crippen LogP contribution in [0.15, 0.2) is 0 Å². The van der Waals surface area contributed by atoms with Gasteiger partial charge in [-0.05, 0) is 12.7 Å². The van der Waals surface area contributed by atoms with E-state index in [0.717, 1.165) is 12.2 Å². The first kappa shape index (κ1) is 14.6. The molecule has 0 fully saturated rings. The standard InChI is InChI=1S/C9H15F3N2S/c1-3-8(6-15-2)14-5-7(4-13)9(10,11)12/h7-8,14H,3,5-6H2,1-2H3. The van der Waals surface area contributed by atoms with E-state index in [4.69, 9.17) is 5.26 Å². The summed E-state index contributed by atoms with van der Waals surface area (Å²) in [4.78, 5) is 0. The van der Waals surface area contributed by atoms with Crippen LogP contribution in [-0.4, -0.2) is 30.8 Å². The van der Waals surface area contributed by atoms with Crippen molar-refractivity contribution in [3.63, 3.8) is 0 Å². The lowest BCUT2D eigenvalue weighted by Crippen LogP contribution is -2.39. The Hall–Kier alpha value is -0.410. The van der Waals surface area contributed by atoms with Crippen molar-refractivity contribution in [1.29, 1.82) is 5.26 Å². The minimum atomic E-state index is -4.43. The van der Waals surface area contributed by atoms with E-state index < -0.39 is 12.1 Å². The highest BCUT2D eigenvalue weighted by molar-refractivity contribution is 7.98. The summed E-state index contributed by atoms with van der Waals surface area (Å²) in [5.41, 5.74) is 0. The van der Waals surface area contributed by atoms with Gasteiger partial charge in [0.05, 0.1) is 6.07 Å². The molecule has 0 rings (SSSR count). The van der Waals surface area contributed by atoms with Crippen LogP contribution in [0.5, 0.6) is 0 Å². The molecule has 0 heterocycles. The van der Waals surface area contributed by atoms with Gasteiger partial charge in [-0.15, -0.1) is 0 Å². The Kier molecular flexibility index (Phi) is 6.77. The smallest absolute Gasteiger partial charge is 0.312 e. The van der Waals surface area contributed by atoms with Crippen molar-refractivity contribution < 1.29 is 13.2 Å². The molecule has 0 aromatic heterocycles. The van der Waals surface area contributed by atoms with Crippen molar-refractivity contribution in [3.8, 4) is 6.07 Å². The van der Waals surface area contributed by atoms with E-state index in [9.17, 15) is 13.2 Å². The van der Waals surface area contributed by atoms with Gasteiger partial charge < -0.3 is 5.32 Å². The number of nitrogens with one attached hydrogen (secondary N) is 1. The van der Waals surface area contributed by atoms with Gasteiger partial charge >= 0.3 is 6.18 Å². The van der Waals surface area contributed by atoms with E-state index >= 15 is 0 Å². The predicted molar refractivity (Wildman–Crippen MR) is 55.6 cm³/mol. The molecule has 2 nitrogen and oxygen atoms in total.